The third-order valence-corrected chi connectivity index (χ3v) is 2.11. The second-order valence-corrected chi connectivity index (χ2v) is 8.44. The Hall–Kier alpha value is -0.0262. The van der Waals surface area contributed by atoms with Crippen LogP contribution < -0.4 is 0 Å². The van der Waals surface area contributed by atoms with Crippen LogP contribution in [0.5, 0.6) is 0 Å². The van der Waals surface area contributed by atoms with Crippen LogP contribution in [0.25, 0.3) is 0 Å². The number of rotatable bonds is 2. The molecular formula is C5H14OSi2. The first-order valence-electron chi connectivity index (χ1n) is 2.77. The minimum Gasteiger partial charge on any atom is -0.559 e. The molecule has 0 aliphatic rings. The van der Waals surface area contributed by atoms with Gasteiger partial charge in [-0.05, 0) is 0 Å². The lowest BCUT2D eigenvalue weighted by molar-refractivity contribution is 0.536. The first-order valence-corrected chi connectivity index (χ1v) is 7.16. The average Bonchev–Trinajstić information content (AvgIpc) is 1.59. The van der Waals surface area contributed by atoms with Gasteiger partial charge in [0.1, 0.15) is 0 Å². The molecule has 0 spiro atoms. The van der Waals surface area contributed by atoms with Crippen LogP contribution in [0, 0.1) is 0 Å². The zero-order valence-electron chi connectivity index (χ0n) is 6.06. The van der Waals surface area contributed by atoms with Crippen molar-refractivity contribution in [2.45, 2.75) is 19.6 Å². The van der Waals surface area contributed by atoms with Crippen LogP contribution >= 0.6 is 0 Å². The molecule has 0 aliphatic heterocycles. The van der Waals surface area contributed by atoms with Crippen LogP contribution in [-0.4, -0.2) is 18.6 Å². The van der Waals surface area contributed by atoms with E-state index in [1.165, 1.54) is 0 Å². The van der Waals surface area contributed by atoms with Crippen LogP contribution in [-0.2, 0) is 4.43 Å². The summed E-state index contributed by atoms with van der Waals surface area (Å²) in [7, 11) is -0.144. The van der Waals surface area contributed by atoms with Gasteiger partial charge < -0.3 is 4.43 Å². The molecule has 0 aromatic heterocycles. The van der Waals surface area contributed by atoms with Crippen molar-refractivity contribution in [1.82, 2.24) is 0 Å². The van der Waals surface area contributed by atoms with Gasteiger partial charge in [-0.3, -0.25) is 0 Å². The fourth-order valence-corrected chi connectivity index (χ4v) is 1.22. The second kappa shape index (κ2) is 3.09. The molecule has 48 valence electrons. The Kier molecular flexibility index (Phi) is 3.08. The highest BCUT2D eigenvalue weighted by molar-refractivity contribution is 6.80. The zero-order chi connectivity index (χ0) is 6.62. The van der Waals surface area contributed by atoms with Crippen molar-refractivity contribution in [1.29, 1.82) is 0 Å². The first-order chi connectivity index (χ1) is 3.56. The summed E-state index contributed by atoms with van der Waals surface area (Å²) in [6.07, 6.45) is 1.83. The summed E-state index contributed by atoms with van der Waals surface area (Å²) < 4.78 is 4.91. The van der Waals surface area contributed by atoms with Gasteiger partial charge in [-0.2, -0.15) is 0 Å². The van der Waals surface area contributed by atoms with Crippen molar-refractivity contribution in [3.8, 4) is 0 Å². The van der Waals surface area contributed by atoms with E-state index in [4.69, 9.17) is 4.43 Å². The average molecular weight is 146 g/mol. The molecule has 1 nitrogen and oxygen atoms in total. The quantitative estimate of drug-likeness (QED) is 0.411. The third-order valence-electron chi connectivity index (χ3n) is 0.704. The first kappa shape index (κ1) is 7.97. The Labute approximate surface area is 55.3 Å². The Balaban J connectivity index is 3.52. The maximum Gasteiger partial charge on any atom is 0.203 e. The number of hydrogen-bond acceptors (Lipinski definition) is 1. The molecule has 3 heteroatoms. The smallest absolute Gasteiger partial charge is 0.203 e. The van der Waals surface area contributed by atoms with Crippen LogP contribution in [0.4, 0.5) is 0 Å². The van der Waals surface area contributed by atoms with Crippen LogP contribution in [0.2, 0.25) is 19.6 Å². The van der Waals surface area contributed by atoms with E-state index in [2.05, 4.69) is 25.3 Å². The van der Waals surface area contributed by atoms with Crippen molar-refractivity contribution < 1.29 is 4.43 Å². The van der Waals surface area contributed by atoms with E-state index in [-0.39, 0.29) is 0 Å². The lowest BCUT2D eigenvalue weighted by Crippen LogP contribution is -2.15. The highest BCUT2D eigenvalue weighted by Gasteiger charge is 2.05. The molecule has 0 aromatic carbocycles. The van der Waals surface area contributed by atoms with Crippen LogP contribution in [0.15, 0.2) is 12.0 Å². The predicted molar refractivity (Wildman–Crippen MR) is 43.5 cm³/mol. The van der Waals surface area contributed by atoms with Crippen molar-refractivity contribution >= 4 is 18.6 Å². The van der Waals surface area contributed by atoms with Gasteiger partial charge in [0.2, 0.25) is 10.5 Å². The van der Waals surface area contributed by atoms with Gasteiger partial charge in [-0.1, -0.05) is 25.3 Å². The Morgan fingerprint density at radius 2 is 1.88 bits per heavy atom. The zero-order valence-corrected chi connectivity index (χ0v) is 9.06. The number of hydrogen-bond donors (Lipinski definition) is 0. The van der Waals surface area contributed by atoms with Crippen molar-refractivity contribution in [2.75, 3.05) is 0 Å². The second-order valence-electron chi connectivity index (χ2n) is 2.90. The Bertz CT molecular complexity index is 82.9. The summed E-state index contributed by atoms with van der Waals surface area (Å²) in [6, 6.07) is 0. The molecule has 0 saturated carbocycles. The summed E-state index contributed by atoms with van der Waals surface area (Å²) in [6.45, 7) is 6.85. The fourth-order valence-electron chi connectivity index (χ4n) is 0.272. The van der Waals surface area contributed by atoms with Crippen molar-refractivity contribution in [3.05, 3.63) is 12.0 Å². The Morgan fingerprint density at radius 3 is 2.00 bits per heavy atom. The fraction of sp³-hybridized carbons (Fsp3) is 0.600. The molecule has 0 N–H and O–H groups in total. The molecule has 0 unspecified atom stereocenters. The largest absolute Gasteiger partial charge is 0.559 e. The van der Waals surface area contributed by atoms with Crippen LogP contribution in [0.1, 0.15) is 0 Å². The maximum atomic E-state index is 4.91. The maximum absolute atomic E-state index is 4.91. The van der Waals surface area contributed by atoms with E-state index < -0.39 is 8.07 Å². The topological polar surface area (TPSA) is 9.23 Å². The van der Waals surface area contributed by atoms with Gasteiger partial charge >= 0.3 is 0 Å². The highest BCUT2D eigenvalue weighted by atomic mass is 28.3. The molecule has 0 amide bonds. The highest BCUT2D eigenvalue weighted by Crippen LogP contribution is 2.00. The predicted octanol–water partition coefficient (Wildman–Crippen LogP) is 0.674. The van der Waals surface area contributed by atoms with E-state index >= 15 is 0 Å². The minimum atomic E-state index is -0.962. The normalized spacial score (nSPS) is 12.9. The monoisotopic (exact) mass is 146 g/mol. The Morgan fingerprint density at radius 1 is 1.38 bits per heavy atom. The molecule has 0 heterocycles. The van der Waals surface area contributed by atoms with Gasteiger partial charge in [0.25, 0.3) is 0 Å². The van der Waals surface area contributed by atoms with E-state index in [0.29, 0.717) is 0 Å². The molecular weight excluding hydrogens is 132 g/mol. The molecule has 0 rings (SSSR count). The standard InChI is InChI=1S/C5H14OSi2/c1-8(2,3)5-4-6-7/h4-5H,1-3,7H3. The molecule has 0 radical (unpaired) electrons. The molecule has 0 fully saturated rings. The lowest BCUT2D eigenvalue weighted by Gasteiger charge is -2.06. The summed E-state index contributed by atoms with van der Waals surface area (Å²) in [4.78, 5) is 0. The van der Waals surface area contributed by atoms with E-state index in [0.717, 1.165) is 10.5 Å². The summed E-state index contributed by atoms with van der Waals surface area (Å²) in [5.41, 5.74) is 2.19. The molecule has 0 saturated heterocycles. The lowest BCUT2D eigenvalue weighted by atomic mass is 11.2. The molecule has 0 aromatic rings. The van der Waals surface area contributed by atoms with E-state index in [1.807, 2.05) is 6.26 Å². The SMILES string of the molecule is C[Si](C)(C)C=CO[SiH3]. The van der Waals surface area contributed by atoms with Gasteiger partial charge in [0.15, 0.2) is 0 Å². The van der Waals surface area contributed by atoms with Gasteiger partial charge in [0, 0.05) is 0 Å². The van der Waals surface area contributed by atoms with E-state index in [1.54, 1.807) is 0 Å². The van der Waals surface area contributed by atoms with E-state index in [9.17, 15) is 0 Å². The molecule has 0 bridgehead atoms. The van der Waals surface area contributed by atoms with Crippen molar-refractivity contribution in [3.63, 3.8) is 0 Å². The van der Waals surface area contributed by atoms with Crippen molar-refractivity contribution in [2.24, 2.45) is 0 Å². The van der Waals surface area contributed by atoms with Gasteiger partial charge in [-0.25, -0.2) is 0 Å². The molecule has 0 aliphatic carbocycles. The molecule has 0 atom stereocenters. The summed E-state index contributed by atoms with van der Waals surface area (Å²) in [5.74, 6) is 0. The summed E-state index contributed by atoms with van der Waals surface area (Å²) in [5, 5.41) is 0. The summed E-state index contributed by atoms with van der Waals surface area (Å²) >= 11 is 0. The van der Waals surface area contributed by atoms with Gasteiger partial charge in [-0.15, -0.1) is 0 Å². The third kappa shape index (κ3) is 5.97. The van der Waals surface area contributed by atoms with Crippen LogP contribution in [0.3, 0.4) is 0 Å². The van der Waals surface area contributed by atoms with Gasteiger partial charge in [0.05, 0.1) is 14.3 Å². The molecule has 8 heavy (non-hydrogen) atoms. The minimum absolute atomic E-state index is 0.818.